The van der Waals surface area contributed by atoms with Crippen LogP contribution in [0.4, 0.5) is 0 Å². The molecule has 106 valence electrons. The zero-order valence-electron chi connectivity index (χ0n) is 11.7. The molecule has 4 heteroatoms. The molecule has 1 heterocycles. The van der Waals surface area contributed by atoms with Gasteiger partial charge in [-0.05, 0) is 39.5 Å². The molecule has 1 saturated heterocycles. The first-order chi connectivity index (χ1) is 8.65. The second-order valence-corrected chi connectivity index (χ2v) is 6.56. The Hall–Kier alpha value is 0.170. The number of nitrogens with zero attached hydrogens (tertiary/aromatic N) is 1. The van der Waals surface area contributed by atoms with Gasteiger partial charge >= 0.3 is 0 Å². The van der Waals surface area contributed by atoms with Gasteiger partial charge in [0, 0.05) is 37.1 Å². The normalized spacial score (nSPS) is 35.0. The summed E-state index contributed by atoms with van der Waals surface area (Å²) < 4.78 is 5.84. The molecule has 1 unspecified atom stereocenters. The summed E-state index contributed by atoms with van der Waals surface area (Å²) in [6, 6.07) is 1.28. The van der Waals surface area contributed by atoms with Crippen LogP contribution in [0.25, 0.3) is 0 Å². The van der Waals surface area contributed by atoms with Crippen molar-refractivity contribution in [3.05, 3.63) is 0 Å². The van der Waals surface area contributed by atoms with E-state index in [9.17, 15) is 0 Å². The summed E-state index contributed by atoms with van der Waals surface area (Å²) >= 11 is 6.13. The fourth-order valence-corrected chi connectivity index (χ4v) is 3.14. The first kappa shape index (κ1) is 14.6. The second-order valence-electron chi connectivity index (χ2n) is 5.94. The van der Waals surface area contributed by atoms with Crippen LogP contribution < -0.4 is 5.32 Å². The maximum Gasteiger partial charge on any atom is 0.0826 e. The standard InChI is InChI=1S/C14H27ClN2O/c1-11(2)17-7-8-18-14(10-17)9-16-13-5-3-12(15)4-6-13/h11-14,16H,3-10H2,1-2H3. The molecule has 3 nitrogen and oxygen atoms in total. The van der Waals surface area contributed by atoms with Crippen LogP contribution in [0.2, 0.25) is 0 Å². The highest BCUT2D eigenvalue weighted by atomic mass is 35.5. The molecule has 0 aromatic heterocycles. The molecule has 0 aromatic carbocycles. The first-order valence-electron chi connectivity index (χ1n) is 7.38. The molecule has 1 aliphatic carbocycles. The Morgan fingerprint density at radius 3 is 2.67 bits per heavy atom. The lowest BCUT2D eigenvalue weighted by Gasteiger charge is -2.36. The lowest BCUT2D eigenvalue weighted by molar-refractivity contribution is -0.0384. The molecule has 1 aliphatic heterocycles. The molecule has 0 spiro atoms. The molecule has 0 amide bonds. The van der Waals surface area contributed by atoms with Crippen molar-refractivity contribution in [3.8, 4) is 0 Å². The number of hydrogen-bond donors (Lipinski definition) is 1. The van der Waals surface area contributed by atoms with E-state index in [0.29, 0.717) is 23.6 Å². The number of hydrogen-bond acceptors (Lipinski definition) is 3. The van der Waals surface area contributed by atoms with Crippen LogP contribution in [0, 0.1) is 0 Å². The summed E-state index contributed by atoms with van der Waals surface area (Å²) in [5.74, 6) is 0. The molecule has 2 fully saturated rings. The van der Waals surface area contributed by atoms with Crippen LogP contribution in [-0.4, -0.2) is 54.7 Å². The molecule has 0 aromatic rings. The van der Waals surface area contributed by atoms with Gasteiger partial charge in [-0.2, -0.15) is 0 Å². The van der Waals surface area contributed by atoms with Crippen molar-refractivity contribution in [2.24, 2.45) is 0 Å². The Kier molecular flexibility index (Phi) is 5.74. The fourth-order valence-electron chi connectivity index (χ4n) is 2.89. The minimum atomic E-state index is 0.356. The van der Waals surface area contributed by atoms with E-state index in [4.69, 9.17) is 16.3 Å². The minimum absolute atomic E-state index is 0.356. The van der Waals surface area contributed by atoms with Crippen molar-refractivity contribution in [3.63, 3.8) is 0 Å². The second kappa shape index (κ2) is 7.09. The molecule has 1 N–H and O–H groups in total. The average Bonchev–Trinajstić information content (AvgIpc) is 2.38. The van der Waals surface area contributed by atoms with Crippen molar-refractivity contribution in [2.75, 3.05) is 26.2 Å². The quantitative estimate of drug-likeness (QED) is 0.796. The van der Waals surface area contributed by atoms with Gasteiger partial charge in [-0.3, -0.25) is 4.90 Å². The Labute approximate surface area is 116 Å². The van der Waals surface area contributed by atoms with Crippen LogP contribution >= 0.6 is 11.6 Å². The monoisotopic (exact) mass is 274 g/mol. The summed E-state index contributed by atoms with van der Waals surface area (Å²) in [7, 11) is 0. The van der Waals surface area contributed by atoms with Crippen LogP contribution in [-0.2, 0) is 4.74 Å². The van der Waals surface area contributed by atoms with Crippen molar-refractivity contribution >= 4 is 11.6 Å². The Balaban J connectivity index is 1.67. The highest BCUT2D eigenvalue weighted by Crippen LogP contribution is 2.22. The van der Waals surface area contributed by atoms with Crippen molar-refractivity contribution in [1.82, 2.24) is 10.2 Å². The molecule has 2 aliphatic rings. The van der Waals surface area contributed by atoms with Crippen molar-refractivity contribution in [1.29, 1.82) is 0 Å². The van der Waals surface area contributed by atoms with E-state index in [-0.39, 0.29) is 0 Å². The van der Waals surface area contributed by atoms with E-state index in [1.165, 1.54) is 12.8 Å². The topological polar surface area (TPSA) is 24.5 Å². The summed E-state index contributed by atoms with van der Waals surface area (Å²) in [5, 5.41) is 4.07. The van der Waals surface area contributed by atoms with Gasteiger partial charge in [0.1, 0.15) is 0 Å². The van der Waals surface area contributed by atoms with E-state index < -0.39 is 0 Å². The van der Waals surface area contributed by atoms with Crippen molar-refractivity contribution < 1.29 is 4.74 Å². The largest absolute Gasteiger partial charge is 0.374 e. The molecule has 1 saturated carbocycles. The number of alkyl halides is 1. The number of nitrogens with one attached hydrogen (secondary N) is 1. The van der Waals surface area contributed by atoms with Gasteiger partial charge in [-0.15, -0.1) is 11.6 Å². The van der Waals surface area contributed by atoms with Crippen LogP contribution in [0.5, 0.6) is 0 Å². The molecular weight excluding hydrogens is 248 g/mol. The zero-order valence-corrected chi connectivity index (χ0v) is 12.5. The number of rotatable bonds is 4. The smallest absolute Gasteiger partial charge is 0.0826 e. The first-order valence-corrected chi connectivity index (χ1v) is 7.82. The van der Waals surface area contributed by atoms with Gasteiger partial charge in [0.2, 0.25) is 0 Å². The van der Waals surface area contributed by atoms with E-state index in [1.54, 1.807) is 0 Å². The summed E-state index contributed by atoms with van der Waals surface area (Å²) in [6.07, 6.45) is 5.10. The minimum Gasteiger partial charge on any atom is -0.374 e. The van der Waals surface area contributed by atoms with Gasteiger partial charge in [0.15, 0.2) is 0 Å². The predicted octanol–water partition coefficient (Wildman–Crippen LogP) is 2.24. The molecule has 0 radical (unpaired) electrons. The van der Waals surface area contributed by atoms with E-state index in [2.05, 4.69) is 24.1 Å². The van der Waals surface area contributed by atoms with Crippen LogP contribution in [0.3, 0.4) is 0 Å². The van der Waals surface area contributed by atoms with Gasteiger partial charge in [-0.1, -0.05) is 0 Å². The summed E-state index contributed by atoms with van der Waals surface area (Å²) in [6.45, 7) is 8.52. The van der Waals surface area contributed by atoms with E-state index >= 15 is 0 Å². The molecule has 0 bridgehead atoms. The lowest BCUT2D eigenvalue weighted by atomic mass is 9.95. The Morgan fingerprint density at radius 1 is 1.28 bits per heavy atom. The summed E-state index contributed by atoms with van der Waals surface area (Å²) in [5.41, 5.74) is 0. The molecule has 18 heavy (non-hydrogen) atoms. The Bertz CT molecular complexity index is 242. The lowest BCUT2D eigenvalue weighted by Crippen LogP contribution is -2.50. The van der Waals surface area contributed by atoms with Gasteiger partial charge < -0.3 is 10.1 Å². The zero-order chi connectivity index (χ0) is 13.0. The van der Waals surface area contributed by atoms with Crippen LogP contribution in [0.15, 0.2) is 0 Å². The Morgan fingerprint density at radius 2 is 2.00 bits per heavy atom. The maximum atomic E-state index is 6.13. The fraction of sp³-hybridized carbons (Fsp3) is 1.00. The number of halogens is 1. The van der Waals surface area contributed by atoms with Gasteiger partial charge in [0.25, 0.3) is 0 Å². The van der Waals surface area contributed by atoms with Crippen LogP contribution in [0.1, 0.15) is 39.5 Å². The molecular formula is C14H27ClN2O. The SMILES string of the molecule is CC(C)N1CCOC(CNC2CCC(Cl)CC2)C1. The average molecular weight is 275 g/mol. The maximum absolute atomic E-state index is 6.13. The van der Waals surface area contributed by atoms with Gasteiger partial charge in [0.05, 0.1) is 12.7 Å². The third kappa shape index (κ3) is 4.37. The highest BCUT2D eigenvalue weighted by molar-refractivity contribution is 6.20. The molecule has 1 atom stereocenters. The highest BCUT2D eigenvalue weighted by Gasteiger charge is 2.24. The molecule has 2 rings (SSSR count). The van der Waals surface area contributed by atoms with E-state index in [1.807, 2.05) is 0 Å². The van der Waals surface area contributed by atoms with E-state index in [0.717, 1.165) is 39.1 Å². The predicted molar refractivity (Wildman–Crippen MR) is 76.3 cm³/mol. The number of ether oxygens (including phenoxy) is 1. The summed E-state index contributed by atoms with van der Waals surface area (Å²) in [4.78, 5) is 2.51. The third-order valence-corrected chi connectivity index (χ3v) is 4.63. The third-order valence-electron chi connectivity index (χ3n) is 4.19. The number of morpholine rings is 1. The van der Waals surface area contributed by atoms with Crippen molar-refractivity contribution in [2.45, 2.75) is 63.1 Å². The van der Waals surface area contributed by atoms with Gasteiger partial charge in [-0.25, -0.2) is 0 Å².